The maximum atomic E-state index is 12.5. The Morgan fingerprint density at radius 2 is 1.95 bits per heavy atom. The topological polar surface area (TPSA) is 53.5 Å². The Morgan fingerprint density at radius 3 is 2.77 bits per heavy atom. The van der Waals surface area contributed by atoms with Crippen LogP contribution in [0.4, 0.5) is 11.4 Å². The van der Waals surface area contributed by atoms with Crippen LogP contribution in [-0.2, 0) is 9.54 Å². The normalized spacial score (nSPS) is 22.4. The van der Waals surface area contributed by atoms with Gasteiger partial charge in [0.05, 0.1) is 6.54 Å². The van der Waals surface area contributed by atoms with Gasteiger partial charge < -0.3 is 10.6 Å². The number of benzene rings is 2. The van der Waals surface area contributed by atoms with Crippen molar-refractivity contribution in [2.24, 2.45) is 4.99 Å². The quantitative estimate of drug-likeness (QED) is 0.849. The highest BCUT2D eigenvalue weighted by atomic mass is 32.2. The molecule has 0 fully saturated rings. The zero-order valence-electron chi connectivity index (χ0n) is 12.1. The van der Waals surface area contributed by atoms with Gasteiger partial charge in [0.2, 0.25) is 5.91 Å². The summed E-state index contributed by atoms with van der Waals surface area (Å²) in [6.45, 7) is 2.52. The second-order valence-electron chi connectivity index (χ2n) is 5.54. The molecule has 2 aliphatic rings. The van der Waals surface area contributed by atoms with Crippen molar-refractivity contribution < 1.29 is 4.79 Å². The molecule has 2 heterocycles. The van der Waals surface area contributed by atoms with Gasteiger partial charge in [-0.1, -0.05) is 47.7 Å². The van der Waals surface area contributed by atoms with Crippen LogP contribution in [0.15, 0.2) is 53.5 Å². The van der Waals surface area contributed by atoms with Crippen LogP contribution < -0.4 is 10.6 Å². The van der Waals surface area contributed by atoms with Gasteiger partial charge in [0.25, 0.3) is 0 Å². The van der Waals surface area contributed by atoms with Crippen molar-refractivity contribution in [1.82, 2.24) is 0 Å². The van der Waals surface area contributed by atoms with Crippen molar-refractivity contribution in [2.45, 2.75) is 11.7 Å². The molecule has 4 nitrogen and oxygen atoms in total. The molecule has 4 rings (SSSR count). The molecule has 0 saturated carbocycles. The first kappa shape index (κ1) is 13.4. The number of rotatable bonds is 1. The number of anilines is 2. The van der Waals surface area contributed by atoms with Gasteiger partial charge in [0, 0.05) is 16.9 Å². The number of amides is 1. The monoisotopic (exact) mass is 309 g/mol. The van der Waals surface area contributed by atoms with Crippen LogP contribution in [-0.4, -0.2) is 17.6 Å². The number of hydrogen-bond donors (Lipinski definition) is 2. The van der Waals surface area contributed by atoms with E-state index in [9.17, 15) is 4.79 Å². The van der Waals surface area contributed by atoms with Crippen LogP contribution in [0.5, 0.6) is 0 Å². The van der Waals surface area contributed by atoms with E-state index in [1.807, 2.05) is 36.4 Å². The number of nitrogens with zero attached hydrogens (tertiary/aromatic N) is 1. The van der Waals surface area contributed by atoms with Gasteiger partial charge in [-0.25, -0.2) is 0 Å². The van der Waals surface area contributed by atoms with Crippen molar-refractivity contribution in [3.8, 4) is 0 Å². The highest BCUT2D eigenvalue weighted by Gasteiger charge is 2.51. The highest BCUT2D eigenvalue weighted by molar-refractivity contribution is 8.15. The SMILES string of the molecule is Cc1ccc(NC2=NC[C@@]3(S2)C(=O)Nc2ccccc23)cc1. The fourth-order valence-corrected chi connectivity index (χ4v) is 3.98. The van der Waals surface area contributed by atoms with Gasteiger partial charge >= 0.3 is 0 Å². The van der Waals surface area contributed by atoms with Crippen LogP contribution in [0, 0.1) is 6.92 Å². The number of thioether (sulfide) groups is 1. The molecule has 0 radical (unpaired) electrons. The predicted molar refractivity (Wildman–Crippen MR) is 91.4 cm³/mol. The minimum Gasteiger partial charge on any atom is -0.335 e. The van der Waals surface area contributed by atoms with Gasteiger partial charge in [0.15, 0.2) is 5.17 Å². The Hall–Kier alpha value is -2.27. The molecule has 110 valence electrons. The van der Waals surface area contributed by atoms with Gasteiger partial charge in [-0.05, 0) is 25.1 Å². The molecule has 2 aliphatic heterocycles. The zero-order chi connectivity index (χ0) is 15.2. The van der Waals surface area contributed by atoms with Gasteiger partial charge in [-0.2, -0.15) is 0 Å². The van der Waals surface area contributed by atoms with Gasteiger partial charge in [-0.15, -0.1) is 0 Å². The summed E-state index contributed by atoms with van der Waals surface area (Å²) in [5.74, 6) is 0.0168. The van der Waals surface area contributed by atoms with Crippen molar-refractivity contribution in [3.63, 3.8) is 0 Å². The average molecular weight is 309 g/mol. The minimum atomic E-state index is -0.621. The second kappa shape index (κ2) is 4.88. The summed E-state index contributed by atoms with van der Waals surface area (Å²) < 4.78 is -0.621. The van der Waals surface area contributed by atoms with E-state index >= 15 is 0 Å². The van der Waals surface area contributed by atoms with Crippen LogP contribution in [0.1, 0.15) is 11.1 Å². The van der Waals surface area contributed by atoms with E-state index in [0.717, 1.165) is 22.1 Å². The average Bonchev–Trinajstić information content (AvgIpc) is 3.06. The van der Waals surface area contributed by atoms with Crippen molar-refractivity contribution >= 4 is 34.2 Å². The maximum Gasteiger partial charge on any atom is 0.247 e. The third-order valence-electron chi connectivity index (χ3n) is 4.00. The molecule has 0 aromatic heterocycles. The van der Waals surface area contributed by atoms with E-state index in [1.165, 1.54) is 17.3 Å². The number of nitrogens with one attached hydrogen (secondary N) is 2. The molecule has 0 unspecified atom stereocenters. The van der Waals surface area contributed by atoms with Gasteiger partial charge in [-0.3, -0.25) is 9.79 Å². The lowest BCUT2D eigenvalue weighted by atomic mass is 10.00. The summed E-state index contributed by atoms with van der Waals surface area (Å²) >= 11 is 1.50. The number of hydrogen-bond acceptors (Lipinski definition) is 4. The first-order chi connectivity index (χ1) is 10.7. The van der Waals surface area contributed by atoms with E-state index in [-0.39, 0.29) is 5.91 Å². The predicted octanol–water partition coefficient (Wildman–Crippen LogP) is 3.36. The molecule has 0 aliphatic carbocycles. The third-order valence-corrected chi connectivity index (χ3v) is 5.30. The van der Waals surface area contributed by atoms with Crippen LogP contribution in [0.3, 0.4) is 0 Å². The number of aryl methyl sites for hydroxylation is 1. The van der Waals surface area contributed by atoms with Crippen LogP contribution in [0.25, 0.3) is 0 Å². The Morgan fingerprint density at radius 1 is 1.18 bits per heavy atom. The fourth-order valence-electron chi connectivity index (χ4n) is 2.79. The van der Waals surface area contributed by atoms with Crippen LogP contribution >= 0.6 is 11.8 Å². The van der Waals surface area contributed by atoms with Gasteiger partial charge in [0.1, 0.15) is 4.75 Å². The lowest BCUT2D eigenvalue weighted by Gasteiger charge is -2.19. The highest BCUT2D eigenvalue weighted by Crippen LogP contribution is 2.49. The lowest BCUT2D eigenvalue weighted by molar-refractivity contribution is -0.117. The Labute approximate surface area is 133 Å². The molecular weight excluding hydrogens is 294 g/mol. The first-order valence-corrected chi connectivity index (χ1v) is 7.97. The minimum absolute atomic E-state index is 0.0168. The molecule has 22 heavy (non-hydrogen) atoms. The smallest absolute Gasteiger partial charge is 0.247 e. The Balaban J connectivity index is 1.59. The molecule has 5 heteroatoms. The fraction of sp³-hybridized carbons (Fsp3) is 0.176. The van der Waals surface area contributed by atoms with E-state index in [2.05, 4.69) is 34.7 Å². The number of aliphatic imine (C=N–C) groups is 1. The summed E-state index contributed by atoms with van der Waals surface area (Å²) in [5, 5.41) is 7.05. The molecular formula is C17H15N3OS. The third kappa shape index (κ3) is 2.01. The second-order valence-corrected chi connectivity index (χ2v) is 6.83. The number of para-hydroxylation sites is 1. The molecule has 2 aromatic rings. The summed E-state index contributed by atoms with van der Waals surface area (Å²) in [5.41, 5.74) is 4.12. The number of amidine groups is 1. The molecule has 1 atom stereocenters. The van der Waals surface area contributed by atoms with E-state index in [0.29, 0.717) is 6.54 Å². The molecule has 0 saturated heterocycles. The lowest BCUT2D eigenvalue weighted by Crippen LogP contribution is -2.32. The maximum absolute atomic E-state index is 12.5. The van der Waals surface area contributed by atoms with Crippen molar-refractivity contribution in [1.29, 1.82) is 0 Å². The van der Waals surface area contributed by atoms with E-state index in [1.54, 1.807) is 0 Å². The largest absolute Gasteiger partial charge is 0.335 e. The zero-order valence-corrected chi connectivity index (χ0v) is 12.9. The number of carbonyl (C=O) groups excluding carboxylic acids is 1. The number of fused-ring (bicyclic) bond motifs is 2. The standard InChI is InChI=1S/C17H15N3OS/c1-11-6-8-12(9-7-11)19-16-18-10-17(22-16)13-4-2-3-5-14(13)20-15(17)21/h2-9H,10H2,1H3,(H,18,19)(H,20,21)/t17-/m0/s1. The van der Waals surface area contributed by atoms with Crippen LogP contribution in [0.2, 0.25) is 0 Å². The molecule has 0 bridgehead atoms. The molecule has 2 aromatic carbocycles. The summed E-state index contributed by atoms with van der Waals surface area (Å²) in [6.07, 6.45) is 0. The number of carbonyl (C=O) groups is 1. The Kier molecular flexibility index (Phi) is 2.97. The summed E-state index contributed by atoms with van der Waals surface area (Å²) in [4.78, 5) is 17.0. The Bertz CT molecular complexity index is 785. The van der Waals surface area contributed by atoms with E-state index < -0.39 is 4.75 Å². The van der Waals surface area contributed by atoms with Crippen molar-refractivity contribution in [2.75, 3.05) is 17.2 Å². The van der Waals surface area contributed by atoms with Crippen molar-refractivity contribution in [3.05, 3.63) is 59.7 Å². The summed E-state index contributed by atoms with van der Waals surface area (Å²) in [7, 11) is 0. The first-order valence-electron chi connectivity index (χ1n) is 7.15. The molecule has 1 spiro atoms. The summed E-state index contributed by atoms with van der Waals surface area (Å²) in [6, 6.07) is 16.0. The molecule has 1 amide bonds. The molecule has 2 N–H and O–H groups in total. The van der Waals surface area contributed by atoms with E-state index in [4.69, 9.17) is 0 Å².